The maximum Gasteiger partial charge on any atom is 0.228 e. The van der Waals surface area contributed by atoms with Gasteiger partial charge in [-0.05, 0) is 49.5 Å². The van der Waals surface area contributed by atoms with Crippen molar-refractivity contribution in [3.8, 4) is 0 Å². The van der Waals surface area contributed by atoms with Crippen LogP contribution in [0.4, 0.5) is 10.1 Å². The third kappa shape index (κ3) is 2.69. The van der Waals surface area contributed by atoms with Crippen LogP contribution >= 0.6 is 0 Å². The number of benzene rings is 1. The number of amides is 1. The molecule has 1 unspecified atom stereocenters. The molecule has 2 aliphatic heterocycles. The molecule has 3 N–H and O–H groups in total. The molecule has 1 aromatic rings. The molecule has 1 atom stereocenters. The zero-order valence-electron chi connectivity index (χ0n) is 11.5. The molecule has 5 heteroatoms. The topological polar surface area (TPSA) is 53.2 Å². The standard InChI is InChI=1S/C15H20FN3O/c16-14-12-5-7-18-8-10(12)3-4-13(14)19-15(20)11-2-1-6-17-9-11/h3-4,11,17-18H,1-2,5-9H2,(H,19,20). The predicted octanol–water partition coefficient (Wildman–Crippen LogP) is 1.41. The molecule has 4 nitrogen and oxygen atoms in total. The normalized spacial score (nSPS) is 22.1. The van der Waals surface area contributed by atoms with E-state index in [-0.39, 0.29) is 17.6 Å². The summed E-state index contributed by atoms with van der Waals surface area (Å²) in [6.07, 6.45) is 2.54. The molecule has 2 heterocycles. The minimum atomic E-state index is -0.263. The average molecular weight is 277 g/mol. The van der Waals surface area contributed by atoms with E-state index in [0.29, 0.717) is 25.2 Å². The number of anilines is 1. The molecule has 2 aliphatic rings. The van der Waals surface area contributed by atoms with Crippen molar-refractivity contribution >= 4 is 11.6 Å². The van der Waals surface area contributed by atoms with E-state index >= 15 is 0 Å². The first-order chi connectivity index (χ1) is 9.75. The molecular formula is C15H20FN3O. The van der Waals surface area contributed by atoms with Crippen LogP contribution in [0.15, 0.2) is 12.1 Å². The largest absolute Gasteiger partial charge is 0.323 e. The number of hydrogen-bond donors (Lipinski definition) is 3. The summed E-state index contributed by atoms with van der Waals surface area (Å²) in [6, 6.07) is 3.58. The molecule has 1 saturated heterocycles. The van der Waals surface area contributed by atoms with Crippen molar-refractivity contribution < 1.29 is 9.18 Å². The van der Waals surface area contributed by atoms with Crippen LogP contribution in [0, 0.1) is 11.7 Å². The third-order valence-electron chi connectivity index (χ3n) is 4.13. The maximum absolute atomic E-state index is 14.4. The van der Waals surface area contributed by atoms with Crippen molar-refractivity contribution in [2.24, 2.45) is 5.92 Å². The molecule has 1 aromatic carbocycles. The smallest absolute Gasteiger partial charge is 0.228 e. The Hall–Kier alpha value is -1.46. The molecule has 1 amide bonds. The van der Waals surface area contributed by atoms with E-state index in [4.69, 9.17) is 0 Å². The predicted molar refractivity (Wildman–Crippen MR) is 76.0 cm³/mol. The van der Waals surface area contributed by atoms with E-state index in [2.05, 4.69) is 16.0 Å². The number of rotatable bonds is 2. The Balaban J connectivity index is 1.75. The second-order valence-electron chi connectivity index (χ2n) is 5.52. The highest BCUT2D eigenvalue weighted by molar-refractivity contribution is 5.93. The van der Waals surface area contributed by atoms with E-state index in [0.717, 1.165) is 37.1 Å². The van der Waals surface area contributed by atoms with Crippen molar-refractivity contribution in [2.75, 3.05) is 25.0 Å². The van der Waals surface area contributed by atoms with Gasteiger partial charge in [0.05, 0.1) is 11.6 Å². The summed E-state index contributed by atoms with van der Waals surface area (Å²) < 4.78 is 14.4. The Morgan fingerprint density at radius 1 is 1.30 bits per heavy atom. The minimum absolute atomic E-state index is 0.0548. The van der Waals surface area contributed by atoms with Crippen LogP contribution in [0.5, 0.6) is 0 Å². The van der Waals surface area contributed by atoms with Gasteiger partial charge in [0.2, 0.25) is 5.91 Å². The van der Waals surface area contributed by atoms with E-state index in [1.54, 1.807) is 6.07 Å². The summed E-state index contributed by atoms with van der Waals surface area (Å²) in [7, 11) is 0. The quantitative estimate of drug-likeness (QED) is 0.766. The molecule has 20 heavy (non-hydrogen) atoms. The minimum Gasteiger partial charge on any atom is -0.323 e. The molecule has 0 aliphatic carbocycles. The summed E-state index contributed by atoms with van der Waals surface area (Å²) in [4.78, 5) is 12.2. The lowest BCUT2D eigenvalue weighted by molar-refractivity contribution is -0.120. The number of nitrogens with one attached hydrogen (secondary N) is 3. The molecular weight excluding hydrogens is 257 g/mol. The van der Waals surface area contributed by atoms with Crippen LogP contribution in [-0.2, 0) is 17.8 Å². The summed E-state index contributed by atoms with van der Waals surface area (Å²) in [5.74, 6) is -0.396. The van der Waals surface area contributed by atoms with Gasteiger partial charge in [-0.25, -0.2) is 4.39 Å². The lowest BCUT2D eigenvalue weighted by Crippen LogP contribution is -2.37. The fourth-order valence-corrected chi connectivity index (χ4v) is 2.94. The van der Waals surface area contributed by atoms with Gasteiger partial charge < -0.3 is 16.0 Å². The molecule has 1 fully saturated rings. The van der Waals surface area contributed by atoms with Crippen molar-refractivity contribution in [3.05, 3.63) is 29.1 Å². The average Bonchev–Trinajstić information content (AvgIpc) is 2.51. The lowest BCUT2D eigenvalue weighted by atomic mass is 9.97. The second kappa shape index (κ2) is 5.89. The summed E-state index contributed by atoms with van der Waals surface area (Å²) >= 11 is 0. The Morgan fingerprint density at radius 2 is 2.20 bits per heavy atom. The van der Waals surface area contributed by atoms with Gasteiger partial charge >= 0.3 is 0 Å². The van der Waals surface area contributed by atoms with Crippen molar-refractivity contribution in [1.82, 2.24) is 10.6 Å². The summed E-state index contributed by atoms with van der Waals surface area (Å²) in [5, 5.41) is 9.18. The molecule has 0 spiro atoms. The van der Waals surface area contributed by atoms with Crippen molar-refractivity contribution in [2.45, 2.75) is 25.8 Å². The first-order valence-electron chi connectivity index (χ1n) is 7.28. The Morgan fingerprint density at radius 3 is 3.00 bits per heavy atom. The SMILES string of the molecule is O=C(Nc1ccc2c(c1F)CCNC2)C1CCCNC1. The van der Waals surface area contributed by atoms with Gasteiger partial charge in [-0.2, -0.15) is 0 Å². The highest BCUT2D eigenvalue weighted by Crippen LogP contribution is 2.25. The highest BCUT2D eigenvalue weighted by Gasteiger charge is 2.23. The van der Waals surface area contributed by atoms with Crippen LogP contribution < -0.4 is 16.0 Å². The van der Waals surface area contributed by atoms with Gasteiger partial charge in [-0.1, -0.05) is 6.07 Å². The first-order valence-corrected chi connectivity index (χ1v) is 7.28. The van der Waals surface area contributed by atoms with Crippen LogP contribution in [0.3, 0.4) is 0 Å². The van der Waals surface area contributed by atoms with Crippen LogP contribution in [0.25, 0.3) is 0 Å². The first kappa shape index (κ1) is 13.5. The van der Waals surface area contributed by atoms with Crippen LogP contribution in [0.1, 0.15) is 24.0 Å². The molecule has 0 bridgehead atoms. The highest BCUT2D eigenvalue weighted by atomic mass is 19.1. The number of halogens is 1. The van der Waals surface area contributed by atoms with E-state index < -0.39 is 0 Å². The molecule has 3 rings (SSSR count). The Bertz CT molecular complexity index is 512. The Labute approximate surface area is 118 Å². The zero-order chi connectivity index (χ0) is 13.9. The number of hydrogen-bond acceptors (Lipinski definition) is 3. The van der Waals surface area contributed by atoms with Gasteiger partial charge in [-0.15, -0.1) is 0 Å². The summed E-state index contributed by atoms with van der Waals surface area (Å²) in [6.45, 7) is 3.13. The van der Waals surface area contributed by atoms with E-state index in [1.807, 2.05) is 6.07 Å². The fourth-order valence-electron chi connectivity index (χ4n) is 2.94. The molecule has 0 saturated carbocycles. The van der Waals surface area contributed by atoms with E-state index in [1.165, 1.54) is 0 Å². The van der Waals surface area contributed by atoms with Gasteiger partial charge in [-0.3, -0.25) is 4.79 Å². The lowest BCUT2D eigenvalue weighted by Gasteiger charge is -2.23. The Kier molecular flexibility index (Phi) is 3.98. The van der Waals surface area contributed by atoms with Crippen LogP contribution in [0.2, 0.25) is 0 Å². The van der Waals surface area contributed by atoms with Gasteiger partial charge in [0.15, 0.2) is 0 Å². The molecule has 0 radical (unpaired) electrons. The van der Waals surface area contributed by atoms with Crippen molar-refractivity contribution in [1.29, 1.82) is 0 Å². The second-order valence-corrected chi connectivity index (χ2v) is 5.52. The van der Waals surface area contributed by atoms with Crippen molar-refractivity contribution in [3.63, 3.8) is 0 Å². The number of fused-ring (bicyclic) bond motifs is 1. The van der Waals surface area contributed by atoms with Crippen LogP contribution in [-0.4, -0.2) is 25.5 Å². The monoisotopic (exact) mass is 277 g/mol. The van der Waals surface area contributed by atoms with Gasteiger partial charge in [0.25, 0.3) is 0 Å². The number of piperidine rings is 1. The molecule has 0 aromatic heterocycles. The fraction of sp³-hybridized carbons (Fsp3) is 0.533. The maximum atomic E-state index is 14.4. The zero-order valence-corrected chi connectivity index (χ0v) is 11.5. The van der Waals surface area contributed by atoms with Gasteiger partial charge in [0.1, 0.15) is 5.82 Å². The van der Waals surface area contributed by atoms with E-state index in [9.17, 15) is 9.18 Å². The number of carbonyl (C=O) groups is 1. The summed E-state index contributed by atoms with van der Waals surface area (Å²) in [5.41, 5.74) is 2.05. The van der Waals surface area contributed by atoms with Gasteiger partial charge in [0, 0.05) is 13.1 Å². The molecule has 108 valence electrons. The number of carbonyl (C=O) groups excluding carboxylic acids is 1. The third-order valence-corrected chi connectivity index (χ3v) is 4.13.